The van der Waals surface area contributed by atoms with Crippen LogP contribution in [-0.4, -0.2) is 60.0 Å². The Kier molecular flexibility index (Phi) is 8.24. The zero-order valence-electron chi connectivity index (χ0n) is 23.9. The normalized spacial score (nSPS) is 17.5. The topological polar surface area (TPSA) is 137 Å². The fourth-order valence-electron chi connectivity index (χ4n) is 5.01. The maximum Gasteiger partial charge on any atom is 0.424 e. The summed E-state index contributed by atoms with van der Waals surface area (Å²) in [5, 5.41) is 12.8. The number of pyridine rings is 2. The molecule has 17 heteroatoms. The van der Waals surface area contributed by atoms with E-state index in [0.29, 0.717) is 18.3 Å². The largest absolute Gasteiger partial charge is 0.494 e. The van der Waals surface area contributed by atoms with Gasteiger partial charge < -0.3 is 25.6 Å². The number of methoxy groups -OCH3 is 1. The van der Waals surface area contributed by atoms with E-state index in [9.17, 15) is 49.8 Å². The Bertz CT molecular complexity index is 1880. The van der Waals surface area contributed by atoms with Crippen LogP contribution in [-0.2, 0) is 22.0 Å². The minimum atomic E-state index is -5.58. The summed E-state index contributed by atoms with van der Waals surface area (Å²) >= 11 is 0. The number of hydrogen-bond donors (Lipinski definition) is 3. The third-order valence-electron chi connectivity index (χ3n) is 7.72. The van der Waals surface area contributed by atoms with Crippen LogP contribution in [0.3, 0.4) is 0 Å². The molecule has 9 nitrogen and oxygen atoms in total. The number of fused-ring (bicyclic) bond motifs is 2. The average Bonchev–Trinajstić information content (AvgIpc) is 3.41. The lowest BCUT2D eigenvalue weighted by Crippen LogP contribution is -2.52. The van der Waals surface area contributed by atoms with E-state index in [0.717, 1.165) is 43.5 Å². The molecule has 0 aliphatic carbocycles. The quantitative estimate of drug-likeness (QED) is 0.231. The molecule has 0 saturated carbocycles. The van der Waals surface area contributed by atoms with Crippen molar-refractivity contribution >= 4 is 22.7 Å². The number of carbonyl (C=O) groups excluding carboxylic acids is 2. The molecule has 1 aliphatic heterocycles. The van der Waals surface area contributed by atoms with E-state index in [4.69, 9.17) is 15.2 Å². The average molecular weight is 671 g/mol. The van der Waals surface area contributed by atoms with Gasteiger partial charge in [-0.2, -0.15) is 26.3 Å². The number of aliphatic hydroxyl groups is 1. The van der Waals surface area contributed by atoms with Crippen LogP contribution in [0.2, 0.25) is 0 Å². The molecule has 2 aromatic heterocycles. The second-order valence-corrected chi connectivity index (χ2v) is 10.6. The van der Waals surface area contributed by atoms with Crippen LogP contribution in [0.25, 0.3) is 22.2 Å². The second kappa shape index (κ2) is 11.6. The summed E-state index contributed by atoms with van der Waals surface area (Å²) in [7, 11) is 1.13. The van der Waals surface area contributed by atoms with Gasteiger partial charge in [0.05, 0.1) is 24.9 Å². The Morgan fingerprint density at radius 1 is 1.09 bits per heavy atom. The molecule has 0 saturated heterocycles. The van der Waals surface area contributed by atoms with Gasteiger partial charge in [0.25, 0.3) is 5.91 Å². The highest BCUT2D eigenvalue weighted by atomic mass is 19.4. The summed E-state index contributed by atoms with van der Waals surface area (Å²) in [5.74, 6) is -3.80. The van der Waals surface area contributed by atoms with Gasteiger partial charge in [-0.25, -0.2) is 13.8 Å². The van der Waals surface area contributed by atoms with Crippen LogP contribution in [0.4, 0.5) is 35.1 Å². The van der Waals surface area contributed by atoms with E-state index < -0.39 is 88.9 Å². The SMILES string of the molecule is COc1cc(C(=O)NC[C@](O)(c2cc3c(c(-c4ccc(F)cc4)n2)OC[C@]3(CF)C(N)=O)C(F)(F)F)cc2cc(C(F)(F)F)cnc12. The summed E-state index contributed by atoms with van der Waals surface area (Å²) in [6.45, 7) is -3.84. The molecule has 4 N–H and O–H groups in total. The number of amides is 2. The number of aromatic nitrogens is 2. The molecule has 2 amide bonds. The molecule has 0 radical (unpaired) electrons. The van der Waals surface area contributed by atoms with Crippen molar-refractivity contribution in [3.8, 4) is 22.8 Å². The van der Waals surface area contributed by atoms with Gasteiger partial charge in [-0.3, -0.25) is 14.6 Å². The highest BCUT2D eigenvalue weighted by Gasteiger charge is 2.58. The van der Waals surface area contributed by atoms with E-state index in [2.05, 4.69) is 9.97 Å². The maximum atomic E-state index is 14.7. The number of nitrogens with zero attached hydrogens (tertiary/aromatic N) is 2. The third kappa shape index (κ3) is 5.75. The fourth-order valence-corrected chi connectivity index (χ4v) is 5.01. The molecule has 2 aromatic carbocycles. The second-order valence-electron chi connectivity index (χ2n) is 10.6. The highest BCUT2D eigenvalue weighted by Crippen LogP contribution is 2.48. The van der Waals surface area contributed by atoms with Crippen molar-refractivity contribution in [2.24, 2.45) is 5.73 Å². The monoisotopic (exact) mass is 670 g/mol. The van der Waals surface area contributed by atoms with Crippen LogP contribution >= 0.6 is 0 Å². The van der Waals surface area contributed by atoms with E-state index >= 15 is 0 Å². The lowest BCUT2D eigenvalue weighted by atomic mass is 9.81. The summed E-state index contributed by atoms with van der Waals surface area (Å²) < 4.78 is 122. The van der Waals surface area contributed by atoms with Gasteiger partial charge in [-0.15, -0.1) is 0 Å². The Labute approximate surface area is 259 Å². The molecule has 4 aromatic rings. The van der Waals surface area contributed by atoms with Gasteiger partial charge in [0, 0.05) is 28.3 Å². The first kappa shape index (κ1) is 33.3. The van der Waals surface area contributed by atoms with Gasteiger partial charge in [-0.1, -0.05) is 0 Å². The summed E-state index contributed by atoms with van der Waals surface area (Å²) in [6.07, 6.45) is -9.84. The molecular formula is C30H22F8N4O5. The molecule has 0 spiro atoms. The van der Waals surface area contributed by atoms with Crippen molar-refractivity contribution in [1.82, 2.24) is 15.3 Å². The number of ether oxygens (including phenoxy) is 2. The van der Waals surface area contributed by atoms with E-state index in [1.807, 2.05) is 5.32 Å². The van der Waals surface area contributed by atoms with E-state index in [1.54, 1.807) is 0 Å². The van der Waals surface area contributed by atoms with Gasteiger partial charge in [0.2, 0.25) is 11.5 Å². The zero-order chi connectivity index (χ0) is 34.5. The van der Waals surface area contributed by atoms with Crippen molar-refractivity contribution < 1.29 is 59.3 Å². The highest BCUT2D eigenvalue weighted by molar-refractivity contribution is 6.00. The molecular weight excluding hydrogens is 648 g/mol. The van der Waals surface area contributed by atoms with Crippen molar-refractivity contribution in [2.75, 3.05) is 26.9 Å². The molecule has 1 aliphatic rings. The predicted octanol–water partition coefficient (Wildman–Crippen LogP) is 4.73. The van der Waals surface area contributed by atoms with Crippen molar-refractivity contribution in [3.63, 3.8) is 0 Å². The first-order chi connectivity index (χ1) is 21.9. The van der Waals surface area contributed by atoms with E-state index in [-0.39, 0.29) is 28.0 Å². The van der Waals surface area contributed by atoms with Crippen molar-refractivity contribution in [3.05, 3.63) is 82.9 Å². The van der Waals surface area contributed by atoms with Crippen molar-refractivity contribution in [2.45, 2.75) is 23.4 Å². The van der Waals surface area contributed by atoms with Crippen LogP contribution in [0.1, 0.15) is 27.2 Å². The number of halogens is 8. The minimum absolute atomic E-state index is 0.0349. The van der Waals surface area contributed by atoms with Gasteiger partial charge >= 0.3 is 12.4 Å². The number of hydrogen-bond acceptors (Lipinski definition) is 7. The first-order valence-corrected chi connectivity index (χ1v) is 13.4. The number of rotatable bonds is 8. The number of primary amides is 1. The van der Waals surface area contributed by atoms with Gasteiger partial charge in [0.1, 0.15) is 47.2 Å². The third-order valence-corrected chi connectivity index (χ3v) is 7.72. The summed E-state index contributed by atoms with van der Waals surface area (Å²) in [4.78, 5) is 33.1. The standard InChI is InChI=1S/C30H22F8N4O5/c1-46-20-8-16(6-15-7-17(29(33,34)35)10-40-22(15)20)25(43)41-12-28(45,30(36,37)38)21-9-19-24(47-13-27(19,11-31)26(39)44)23(42-21)14-2-4-18(32)5-3-14/h2-10,45H,11-13H2,1H3,(H2,39,44)(H,41,43)/t27-,28-/m0/s1. The number of nitrogens with one attached hydrogen (secondary N) is 1. The van der Waals surface area contributed by atoms with Crippen LogP contribution in [0.5, 0.6) is 11.5 Å². The Hall–Kier alpha value is -5.06. The minimum Gasteiger partial charge on any atom is -0.494 e. The first-order valence-electron chi connectivity index (χ1n) is 13.4. The lowest BCUT2D eigenvalue weighted by Gasteiger charge is -2.31. The van der Waals surface area contributed by atoms with Gasteiger partial charge in [0.15, 0.2) is 0 Å². The van der Waals surface area contributed by atoms with Crippen LogP contribution in [0.15, 0.2) is 54.7 Å². The molecule has 0 fully saturated rings. The molecule has 2 atom stereocenters. The maximum absolute atomic E-state index is 14.7. The summed E-state index contributed by atoms with van der Waals surface area (Å²) in [6, 6.07) is 7.33. The Morgan fingerprint density at radius 3 is 2.34 bits per heavy atom. The number of nitrogens with two attached hydrogens (primary N) is 1. The fraction of sp³-hybridized carbons (Fsp3) is 0.267. The Balaban J connectivity index is 1.60. The smallest absolute Gasteiger partial charge is 0.424 e. The van der Waals surface area contributed by atoms with Crippen molar-refractivity contribution in [1.29, 1.82) is 0 Å². The molecule has 47 heavy (non-hydrogen) atoms. The molecule has 248 valence electrons. The molecule has 0 bridgehead atoms. The number of alkyl halides is 7. The lowest BCUT2D eigenvalue weighted by molar-refractivity contribution is -0.265. The van der Waals surface area contributed by atoms with Crippen LogP contribution < -0.4 is 20.5 Å². The Morgan fingerprint density at radius 2 is 1.77 bits per heavy atom. The summed E-state index contributed by atoms with van der Waals surface area (Å²) in [5.41, 5.74) is -4.70. The number of carbonyl (C=O) groups is 2. The molecule has 3 heterocycles. The molecule has 5 rings (SSSR count). The van der Waals surface area contributed by atoms with Crippen LogP contribution in [0, 0.1) is 5.82 Å². The predicted molar refractivity (Wildman–Crippen MR) is 148 cm³/mol. The zero-order valence-corrected chi connectivity index (χ0v) is 23.9. The number of benzene rings is 2. The van der Waals surface area contributed by atoms with Gasteiger partial charge in [-0.05, 0) is 48.5 Å². The van der Waals surface area contributed by atoms with E-state index in [1.165, 1.54) is 0 Å². The molecule has 0 unspecified atom stereocenters.